The zero-order chi connectivity index (χ0) is 21.3. The second-order valence-electron chi connectivity index (χ2n) is 7.94. The highest BCUT2D eigenvalue weighted by Crippen LogP contribution is 2.26. The molecule has 0 saturated carbocycles. The van der Waals surface area contributed by atoms with E-state index in [1.54, 1.807) is 9.47 Å². The first kappa shape index (κ1) is 20.1. The largest absolute Gasteiger partial charge is 0.320 e. The third kappa shape index (κ3) is 2.97. The van der Waals surface area contributed by atoms with Crippen LogP contribution in [-0.2, 0) is 4.79 Å². The molecule has 1 aliphatic heterocycles. The standard InChI is InChI=1S/C25H26N2O2Si/c1-19(2)26-20(3)24(28)27(25(26)29)30(21-13-7-4-8-14-21,22-15-9-5-10-16-22)23-17-11-6-12-18-23/h4-20H,1-3H3. The molecule has 0 radical (unpaired) electrons. The van der Waals surface area contributed by atoms with Crippen LogP contribution in [0, 0.1) is 0 Å². The molecule has 3 aromatic rings. The molecule has 3 aromatic carbocycles. The van der Waals surface area contributed by atoms with E-state index in [2.05, 4.69) is 36.4 Å². The van der Waals surface area contributed by atoms with Gasteiger partial charge in [-0.1, -0.05) is 91.0 Å². The van der Waals surface area contributed by atoms with Crippen LogP contribution in [0.4, 0.5) is 4.79 Å². The lowest BCUT2D eigenvalue weighted by Crippen LogP contribution is -2.78. The topological polar surface area (TPSA) is 40.6 Å². The van der Waals surface area contributed by atoms with Gasteiger partial charge in [-0.3, -0.25) is 9.36 Å². The summed E-state index contributed by atoms with van der Waals surface area (Å²) in [5.74, 6) is -0.128. The van der Waals surface area contributed by atoms with Gasteiger partial charge in [0, 0.05) is 6.04 Å². The van der Waals surface area contributed by atoms with Crippen molar-refractivity contribution in [3.63, 3.8) is 0 Å². The van der Waals surface area contributed by atoms with E-state index in [-0.39, 0.29) is 18.0 Å². The van der Waals surface area contributed by atoms with Crippen LogP contribution in [0.1, 0.15) is 20.8 Å². The molecule has 30 heavy (non-hydrogen) atoms. The van der Waals surface area contributed by atoms with Gasteiger partial charge in [-0.25, -0.2) is 4.79 Å². The molecule has 152 valence electrons. The molecule has 1 fully saturated rings. The zero-order valence-corrected chi connectivity index (χ0v) is 18.5. The third-order valence-corrected chi connectivity index (χ3v) is 10.5. The van der Waals surface area contributed by atoms with Crippen LogP contribution >= 0.6 is 0 Å². The number of carbonyl (C=O) groups excluding carboxylic acids is 2. The summed E-state index contributed by atoms with van der Waals surface area (Å²) in [4.78, 5) is 29.2. The summed E-state index contributed by atoms with van der Waals surface area (Å²) in [7, 11) is -3.15. The van der Waals surface area contributed by atoms with E-state index < -0.39 is 14.3 Å². The number of hydrogen-bond acceptors (Lipinski definition) is 2. The Labute approximate surface area is 178 Å². The molecule has 4 nitrogen and oxygen atoms in total. The van der Waals surface area contributed by atoms with Gasteiger partial charge in [0.15, 0.2) is 0 Å². The highest BCUT2D eigenvalue weighted by atomic mass is 28.3. The van der Waals surface area contributed by atoms with Crippen LogP contribution in [0.3, 0.4) is 0 Å². The molecule has 0 aromatic heterocycles. The first-order valence-electron chi connectivity index (χ1n) is 10.3. The fourth-order valence-electron chi connectivity index (χ4n) is 4.58. The van der Waals surface area contributed by atoms with Gasteiger partial charge in [-0.05, 0) is 36.3 Å². The Hall–Kier alpha value is -3.18. The molecule has 5 heteroatoms. The monoisotopic (exact) mass is 414 g/mol. The van der Waals surface area contributed by atoms with Gasteiger partial charge < -0.3 is 4.90 Å². The molecule has 0 bridgehead atoms. The minimum absolute atomic E-state index is 0.0597. The number of carbonyl (C=O) groups is 2. The van der Waals surface area contributed by atoms with Crippen molar-refractivity contribution in [3.05, 3.63) is 91.0 Å². The van der Waals surface area contributed by atoms with Gasteiger partial charge in [0.25, 0.3) is 8.24 Å². The molecule has 1 saturated heterocycles. The van der Waals surface area contributed by atoms with Gasteiger partial charge in [0.05, 0.1) is 0 Å². The maximum atomic E-state index is 13.8. The lowest BCUT2D eigenvalue weighted by Gasteiger charge is -2.39. The zero-order valence-electron chi connectivity index (χ0n) is 17.5. The van der Waals surface area contributed by atoms with Crippen LogP contribution in [0.25, 0.3) is 0 Å². The summed E-state index contributed by atoms with van der Waals surface area (Å²) in [5.41, 5.74) is 0. The summed E-state index contributed by atoms with van der Waals surface area (Å²) < 4.78 is 1.61. The number of urea groups is 1. The first-order valence-corrected chi connectivity index (χ1v) is 12.3. The number of hydrogen-bond donors (Lipinski definition) is 0. The second-order valence-corrected chi connectivity index (χ2v) is 11.5. The Bertz CT molecular complexity index is 942. The molecular formula is C25H26N2O2Si. The van der Waals surface area contributed by atoms with Crippen LogP contribution in [0.5, 0.6) is 0 Å². The summed E-state index contributed by atoms with van der Waals surface area (Å²) in [6.45, 7) is 5.75. The van der Waals surface area contributed by atoms with E-state index in [1.165, 1.54) is 0 Å². The third-order valence-electron chi connectivity index (χ3n) is 5.87. The predicted molar refractivity (Wildman–Crippen MR) is 123 cm³/mol. The smallest absolute Gasteiger partial charge is 0.311 e. The normalized spacial score (nSPS) is 17.1. The van der Waals surface area contributed by atoms with Crippen LogP contribution in [-0.4, -0.2) is 41.7 Å². The fourth-order valence-corrected chi connectivity index (χ4v) is 9.30. The Kier molecular flexibility index (Phi) is 5.30. The molecule has 0 N–H and O–H groups in total. The van der Waals surface area contributed by atoms with Crippen molar-refractivity contribution in [1.29, 1.82) is 0 Å². The van der Waals surface area contributed by atoms with E-state index in [9.17, 15) is 9.59 Å². The lowest BCUT2D eigenvalue weighted by molar-refractivity contribution is -0.125. The maximum Gasteiger partial charge on any atom is 0.320 e. The molecular weight excluding hydrogens is 388 g/mol. The molecule has 4 rings (SSSR count). The summed E-state index contributed by atoms with van der Waals surface area (Å²) in [6.07, 6.45) is 0. The minimum Gasteiger partial charge on any atom is -0.311 e. The lowest BCUT2D eigenvalue weighted by atomic mass is 10.2. The molecule has 1 aliphatic rings. The van der Waals surface area contributed by atoms with E-state index in [0.717, 1.165) is 15.6 Å². The van der Waals surface area contributed by atoms with Gasteiger partial charge in [-0.15, -0.1) is 0 Å². The van der Waals surface area contributed by atoms with Crippen molar-refractivity contribution in [2.24, 2.45) is 0 Å². The molecule has 1 unspecified atom stereocenters. The Morgan fingerprint density at radius 2 is 1.07 bits per heavy atom. The Morgan fingerprint density at radius 1 is 0.700 bits per heavy atom. The van der Waals surface area contributed by atoms with Crippen LogP contribution in [0.15, 0.2) is 91.0 Å². The van der Waals surface area contributed by atoms with Gasteiger partial charge in [0.2, 0.25) is 5.91 Å². The van der Waals surface area contributed by atoms with Crippen molar-refractivity contribution >= 4 is 35.7 Å². The Balaban J connectivity index is 2.09. The summed E-state index contributed by atoms with van der Waals surface area (Å²) >= 11 is 0. The van der Waals surface area contributed by atoms with Gasteiger partial charge in [0.1, 0.15) is 6.04 Å². The number of nitrogens with zero attached hydrogens (tertiary/aromatic N) is 2. The highest BCUT2D eigenvalue weighted by Gasteiger charge is 2.57. The highest BCUT2D eigenvalue weighted by molar-refractivity contribution is 7.11. The van der Waals surface area contributed by atoms with E-state index >= 15 is 0 Å². The molecule has 1 heterocycles. The Morgan fingerprint density at radius 3 is 1.37 bits per heavy atom. The van der Waals surface area contributed by atoms with Gasteiger partial charge >= 0.3 is 6.03 Å². The molecule has 3 amide bonds. The molecule has 1 atom stereocenters. The van der Waals surface area contributed by atoms with Gasteiger partial charge in [-0.2, -0.15) is 0 Å². The average Bonchev–Trinajstić information content (AvgIpc) is 3.00. The van der Waals surface area contributed by atoms with E-state index in [0.29, 0.717) is 0 Å². The van der Waals surface area contributed by atoms with Crippen LogP contribution < -0.4 is 15.6 Å². The van der Waals surface area contributed by atoms with Crippen molar-refractivity contribution < 1.29 is 9.59 Å². The predicted octanol–water partition coefficient (Wildman–Crippen LogP) is 2.71. The van der Waals surface area contributed by atoms with Crippen molar-refractivity contribution in [3.8, 4) is 0 Å². The number of rotatable bonds is 5. The SMILES string of the molecule is CC(C)N1C(=O)N([Si](c2ccccc2)(c2ccccc2)c2ccccc2)C(=O)C1C. The van der Waals surface area contributed by atoms with Crippen LogP contribution in [0.2, 0.25) is 0 Å². The average molecular weight is 415 g/mol. The number of benzene rings is 3. The quantitative estimate of drug-likeness (QED) is 0.366. The minimum atomic E-state index is -3.15. The van der Waals surface area contributed by atoms with Crippen molar-refractivity contribution in [2.45, 2.75) is 32.9 Å². The second kappa shape index (κ2) is 7.92. The van der Waals surface area contributed by atoms with Crippen molar-refractivity contribution in [1.82, 2.24) is 9.47 Å². The van der Waals surface area contributed by atoms with E-state index in [1.807, 2.05) is 75.4 Å². The molecule has 0 aliphatic carbocycles. The summed E-state index contributed by atoms with van der Waals surface area (Å²) in [5, 5.41) is 3.05. The van der Waals surface area contributed by atoms with E-state index in [4.69, 9.17) is 0 Å². The molecule has 0 spiro atoms. The fraction of sp³-hybridized carbons (Fsp3) is 0.200. The summed E-state index contributed by atoms with van der Waals surface area (Å²) in [6, 6.07) is 29.4. The maximum absolute atomic E-state index is 13.8. The van der Waals surface area contributed by atoms with Crippen molar-refractivity contribution in [2.75, 3.05) is 0 Å². The number of imide groups is 1. The number of amides is 3. The first-order chi connectivity index (χ1) is 14.5.